The van der Waals surface area contributed by atoms with Crippen LogP contribution in [0.25, 0.3) is 11.1 Å². The molecule has 0 spiro atoms. The van der Waals surface area contributed by atoms with Crippen LogP contribution in [0.2, 0.25) is 0 Å². The van der Waals surface area contributed by atoms with Gasteiger partial charge in [-0.2, -0.15) is 0 Å². The molecular formula is C24H25P. The van der Waals surface area contributed by atoms with Gasteiger partial charge in [0.1, 0.15) is 0 Å². The molecule has 2 aromatic carbocycles. The van der Waals surface area contributed by atoms with Crippen molar-refractivity contribution < 1.29 is 0 Å². The van der Waals surface area contributed by atoms with Crippen LogP contribution in [0.4, 0.5) is 0 Å². The van der Waals surface area contributed by atoms with Gasteiger partial charge in [-0.25, -0.2) is 0 Å². The van der Waals surface area contributed by atoms with Crippen LogP contribution in [0.15, 0.2) is 36.4 Å². The molecule has 1 aliphatic rings. The van der Waals surface area contributed by atoms with Gasteiger partial charge >= 0.3 is 0 Å². The van der Waals surface area contributed by atoms with E-state index >= 15 is 0 Å². The van der Waals surface area contributed by atoms with Gasteiger partial charge in [0, 0.05) is 17.5 Å². The number of aryl methyl sites for hydroxylation is 6. The molecule has 1 heteroatoms. The molecule has 0 aliphatic heterocycles. The third-order valence-electron chi connectivity index (χ3n) is 4.93. The molecule has 0 aromatic heterocycles. The summed E-state index contributed by atoms with van der Waals surface area (Å²) in [5, 5.41) is 1.06. The van der Waals surface area contributed by atoms with Gasteiger partial charge in [0.05, 0.1) is 23.3 Å². The largest absolute Gasteiger partial charge is 0.689 e. The maximum Gasteiger partial charge on any atom is 0.0575 e. The summed E-state index contributed by atoms with van der Waals surface area (Å²) in [4.78, 5) is 0. The van der Waals surface area contributed by atoms with Crippen molar-refractivity contribution in [1.29, 1.82) is 0 Å². The van der Waals surface area contributed by atoms with Crippen LogP contribution < -0.4 is 0 Å². The first-order valence-corrected chi connectivity index (χ1v) is 9.22. The molecule has 0 nitrogen and oxygen atoms in total. The molecule has 0 heterocycles. The average Bonchev–Trinajstić information content (AvgIpc) is 2.48. The van der Waals surface area contributed by atoms with Crippen LogP contribution in [0.5, 0.6) is 0 Å². The van der Waals surface area contributed by atoms with Crippen LogP contribution in [-0.4, -0.2) is 5.29 Å². The molecule has 0 fully saturated rings. The molecule has 25 heavy (non-hydrogen) atoms. The zero-order valence-electron chi connectivity index (χ0n) is 16.0. The summed E-state index contributed by atoms with van der Waals surface area (Å²) >= 11 is 0. The molecule has 0 N–H and O–H groups in total. The van der Waals surface area contributed by atoms with E-state index in [1.54, 1.807) is 0 Å². The first-order valence-electron chi connectivity index (χ1n) is 8.78. The molecule has 0 unspecified atom stereocenters. The van der Waals surface area contributed by atoms with E-state index in [4.69, 9.17) is 8.86 Å². The van der Waals surface area contributed by atoms with Crippen LogP contribution in [0.1, 0.15) is 44.5 Å². The van der Waals surface area contributed by atoms with Gasteiger partial charge in [-0.05, 0) is 63.8 Å². The summed E-state index contributed by atoms with van der Waals surface area (Å²) < 4.78 is 0. The molecule has 0 saturated carbocycles. The van der Waals surface area contributed by atoms with E-state index in [1.165, 1.54) is 55.7 Å². The van der Waals surface area contributed by atoms with E-state index < -0.39 is 0 Å². The fourth-order valence-electron chi connectivity index (χ4n) is 4.16. The quantitative estimate of drug-likeness (QED) is 0.415. The Kier molecular flexibility index (Phi) is 4.76. The minimum atomic E-state index is 1.06. The Morgan fingerprint density at radius 1 is 0.600 bits per heavy atom. The normalized spacial score (nSPS) is 14.1. The van der Waals surface area contributed by atoms with Crippen LogP contribution in [0.3, 0.4) is 0 Å². The van der Waals surface area contributed by atoms with Crippen molar-refractivity contribution in [2.45, 2.75) is 41.5 Å². The maximum atomic E-state index is 4.98. The molecule has 2 aromatic rings. The van der Waals surface area contributed by atoms with E-state index in [9.17, 15) is 0 Å². The number of allylic oxidation sites excluding steroid dienone is 4. The van der Waals surface area contributed by atoms with Crippen molar-refractivity contribution >= 4 is 25.3 Å². The first-order chi connectivity index (χ1) is 11.8. The maximum absolute atomic E-state index is 4.98. The van der Waals surface area contributed by atoms with Gasteiger partial charge in [-0.15, -0.1) is 0 Å². The van der Waals surface area contributed by atoms with E-state index in [1.807, 2.05) is 0 Å². The molecule has 0 saturated heterocycles. The molecule has 126 valence electrons. The predicted octanol–water partition coefficient (Wildman–Crippen LogP) is 6.80. The van der Waals surface area contributed by atoms with Crippen molar-refractivity contribution in [3.8, 4) is 0 Å². The van der Waals surface area contributed by atoms with Crippen LogP contribution in [0, 0.1) is 48.0 Å². The molecule has 0 atom stereocenters. The van der Waals surface area contributed by atoms with Gasteiger partial charge < -0.3 is 8.86 Å². The number of rotatable bonds is 2. The molecule has 0 radical (unpaired) electrons. The summed E-state index contributed by atoms with van der Waals surface area (Å²) in [7, 11) is 4.98. The lowest BCUT2D eigenvalue weighted by Gasteiger charge is -2.23. The number of hydrogen-bond donors (Lipinski definition) is 0. The highest BCUT2D eigenvalue weighted by atomic mass is 31.0. The highest BCUT2D eigenvalue weighted by molar-refractivity contribution is 7.26. The van der Waals surface area contributed by atoms with Gasteiger partial charge in [-0.3, -0.25) is 0 Å². The molecule has 0 bridgehead atoms. The minimum absolute atomic E-state index is 1.06. The van der Waals surface area contributed by atoms with E-state index in [0.717, 1.165) is 5.29 Å². The summed E-state index contributed by atoms with van der Waals surface area (Å²) in [6.07, 6.45) is 6.53. The summed E-state index contributed by atoms with van der Waals surface area (Å²) in [6, 6.07) is 9.02. The van der Waals surface area contributed by atoms with E-state index in [2.05, 4.69) is 84.4 Å². The lowest BCUT2D eigenvalue weighted by molar-refractivity contribution is 1.29. The Labute approximate surface area is 154 Å². The molecular weight excluding hydrogens is 319 g/mol. The Balaban J connectivity index is 2.10. The van der Waals surface area contributed by atoms with Gasteiger partial charge in [0.2, 0.25) is 0 Å². The predicted molar refractivity (Wildman–Crippen MR) is 113 cm³/mol. The van der Waals surface area contributed by atoms with E-state index in [-0.39, 0.29) is 0 Å². The van der Waals surface area contributed by atoms with Crippen molar-refractivity contribution in [2.75, 3.05) is 0 Å². The number of hydrogen-bond acceptors (Lipinski definition) is 0. The summed E-state index contributed by atoms with van der Waals surface area (Å²) in [5.74, 6) is 0. The zero-order chi connectivity index (χ0) is 18.3. The topological polar surface area (TPSA) is 0 Å². The second-order valence-electron chi connectivity index (χ2n) is 7.25. The lowest BCUT2D eigenvalue weighted by Crippen LogP contribution is -2.11. The Bertz CT molecular complexity index is 817. The highest BCUT2D eigenvalue weighted by Crippen LogP contribution is 2.37. The van der Waals surface area contributed by atoms with Gasteiger partial charge in [-0.1, -0.05) is 40.7 Å². The third kappa shape index (κ3) is 3.24. The smallest absolute Gasteiger partial charge is 0.0575 e. The third-order valence-corrected chi connectivity index (χ3v) is 5.41. The van der Waals surface area contributed by atoms with Crippen molar-refractivity contribution in [3.05, 3.63) is 87.3 Å². The van der Waals surface area contributed by atoms with Gasteiger partial charge in [0.25, 0.3) is 0 Å². The fraction of sp³-hybridized carbons (Fsp3) is 0.250. The Morgan fingerprint density at radius 2 is 0.920 bits per heavy atom. The average molecular weight is 344 g/mol. The first kappa shape index (κ1) is 17.8. The number of benzene rings is 2. The van der Waals surface area contributed by atoms with Gasteiger partial charge in [0.15, 0.2) is 0 Å². The minimum Gasteiger partial charge on any atom is -0.689 e. The Morgan fingerprint density at radius 3 is 1.24 bits per heavy atom. The van der Waals surface area contributed by atoms with Crippen molar-refractivity contribution in [3.63, 3.8) is 0 Å². The van der Waals surface area contributed by atoms with E-state index in [0.29, 0.717) is 0 Å². The molecule has 3 rings (SSSR count). The monoisotopic (exact) mass is 344 g/mol. The Hall–Kier alpha value is -2.04. The van der Waals surface area contributed by atoms with Crippen LogP contribution >= 0.6 is 8.86 Å². The van der Waals surface area contributed by atoms with Crippen molar-refractivity contribution in [1.82, 2.24) is 0 Å². The standard InChI is InChI=1S/C24H25P/c1-14-10-16(3)22(17(4)11-14)20-8-7-9-21(24(20)25)23-18(5)12-15(2)13-19(23)6/h7-13H,1-6H3. The van der Waals surface area contributed by atoms with Crippen molar-refractivity contribution in [2.24, 2.45) is 0 Å². The summed E-state index contributed by atoms with van der Waals surface area (Å²) in [5.41, 5.74) is 12.9. The highest BCUT2D eigenvalue weighted by Gasteiger charge is 2.24. The van der Waals surface area contributed by atoms with Crippen LogP contribution in [-0.2, 0) is 0 Å². The SMILES string of the molecule is Cc1cc(C)c(C2=C[CH+]C=C(c3c(C)cc(C)cc3C)C2=[P-])c(C)c1. The fourth-order valence-corrected chi connectivity index (χ4v) is 4.53. The second-order valence-corrected chi connectivity index (χ2v) is 7.70. The molecule has 0 amide bonds. The molecule has 1 aliphatic carbocycles. The second kappa shape index (κ2) is 6.70. The zero-order valence-corrected chi connectivity index (χ0v) is 16.9. The summed E-state index contributed by atoms with van der Waals surface area (Å²) in [6.45, 7) is 13.1. The lowest BCUT2D eigenvalue weighted by atomic mass is 9.82.